The second-order valence-electron chi connectivity index (χ2n) is 6.17. The first-order valence-electron chi connectivity index (χ1n) is 7.18. The Bertz CT molecular complexity index is 606. The quantitative estimate of drug-likeness (QED) is 0.829. The first-order valence-corrected chi connectivity index (χ1v) is 8.33. The molecule has 1 unspecified atom stereocenters. The van der Waals surface area contributed by atoms with Crippen LogP contribution >= 0.6 is 0 Å². The number of rotatable bonds is 5. The van der Waals surface area contributed by atoms with Gasteiger partial charge in [0.15, 0.2) is 0 Å². The molecule has 1 aromatic heterocycles. The normalized spacial score (nSPS) is 15.3. The van der Waals surface area contributed by atoms with E-state index in [9.17, 15) is 8.94 Å². The minimum atomic E-state index is -1.18. The Labute approximate surface area is 128 Å². The number of nitrogens with one attached hydrogen (secondary N) is 1. The standard InChI is InChI=1S/C16H22FNO2S/c1-5-6-13(18-21(19)16(2,3)4)15-10-11-9-12(17)7-8-14(11)20-15/h7-10,13,18H,5-6H2,1-4H3/t13?,21-/m1/s1. The molecular weight excluding hydrogens is 289 g/mol. The number of halogens is 1. The van der Waals surface area contributed by atoms with E-state index in [0.717, 1.165) is 18.2 Å². The van der Waals surface area contributed by atoms with E-state index >= 15 is 0 Å². The predicted molar refractivity (Wildman–Crippen MR) is 84.9 cm³/mol. The van der Waals surface area contributed by atoms with Crippen LogP contribution in [0.5, 0.6) is 0 Å². The van der Waals surface area contributed by atoms with Gasteiger partial charge in [-0.15, -0.1) is 4.72 Å². The molecule has 3 nitrogen and oxygen atoms in total. The van der Waals surface area contributed by atoms with Crippen molar-refractivity contribution in [3.05, 3.63) is 35.8 Å². The molecule has 0 aliphatic carbocycles. The monoisotopic (exact) mass is 311 g/mol. The summed E-state index contributed by atoms with van der Waals surface area (Å²) >= 11 is -1.18. The molecule has 0 amide bonds. The molecule has 1 N–H and O–H groups in total. The van der Waals surface area contributed by atoms with Crippen molar-refractivity contribution < 1.29 is 13.4 Å². The zero-order valence-corrected chi connectivity index (χ0v) is 13.7. The minimum Gasteiger partial charge on any atom is -0.598 e. The Kier molecular flexibility index (Phi) is 4.96. The van der Waals surface area contributed by atoms with Crippen LogP contribution in [-0.2, 0) is 11.4 Å². The minimum absolute atomic E-state index is 0.134. The molecule has 0 radical (unpaired) electrons. The third-order valence-corrected chi connectivity index (χ3v) is 4.83. The second-order valence-corrected chi connectivity index (χ2v) is 8.17. The predicted octanol–water partition coefficient (Wildman–Crippen LogP) is 4.46. The van der Waals surface area contributed by atoms with Gasteiger partial charge in [-0.2, -0.15) is 0 Å². The van der Waals surface area contributed by atoms with E-state index in [2.05, 4.69) is 11.6 Å². The van der Waals surface area contributed by atoms with Gasteiger partial charge in [-0.05, 0) is 51.5 Å². The van der Waals surface area contributed by atoms with E-state index in [0.29, 0.717) is 11.3 Å². The van der Waals surface area contributed by atoms with Crippen LogP contribution in [0.15, 0.2) is 28.7 Å². The maximum Gasteiger partial charge on any atom is 0.136 e. The molecule has 0 aliphatic heterocycles. The molecule has 21 heavy (non-hydrogen) atoms. The summed E-state index contributed by atoms with van der Waals surface area (Å²) in [7, 11) is 0. The van der Waals surface area contributed by atoms with E-state index in [4.69, 9.17) is 4.42 Å². The number of furan rings is 1. The smallest absolute Gasteiger partial charge is 0.136 e. The maximum absolute atomic E-state index is 13.3. The van der Waals surface area contributed by atoms with Gasteiger partial charge in [0.2, 0.25) is 0 Å². The summed E-state index contributed by atoms with van der Waals surface area (Å²) in [4.78, 5) is 0. The van der Waals surface area contributed by atoms with Crippen LogP contribution in [0.25, 0.3) is 11.0 Å². The summed E-state index contributed by atoms with van der Waals surface area (Å²) in [5.41, 5.74) is 0.649. The molecule has 1 aromatic carbocycles. The number of hydrogen-bond donors (Lipinski definition) is 1. The Hall–Kier alpha value is -1.04. The zero-order valence-electron chi connectivity index (χ0n) is 12.9. The average molecular weight is 311 g/mol. The molecular formula is C16H22FNO2S. The van der Waals surface area contributed by atoms with E-state index < -0.39 is 11.4 Å². The lowest BCUT2D eigenvalue weighted by Gasteiger charge is -2.27. The van der Waals surface area contributed by atoms with Crippen LogP contribution in [0.4, 0.5) is 4.39 Å². The van der Waals surface area contributed by atoms with Crippen molar-refractivity contribution in [2.75, 3.05) is 0 Å². The fourth-order valence-corrected chi connectivity index (χ4v) is 2.91. The lowest BCUT2D eigenvalue weighted by atomic mass is 10.1. The Balaban J connectivity index is 2.27. The molecule has 0 aliphatic rings. The fraction of sp³-hybridized carbons (Fsp3) is 0.500. The van der Waals surface area contributed by atoms with Gasteiger partial charge in [0.1, 0.15) is 27.9 Å². The second kappa shape index (κ2) is 6.38. The number of fused-ring (bicyclic) bond motifs is 1. The van der Waals surface area contributed by atoms with Crippen LogP contribution in [0.2, 0.25) is 0 Å². The molecule has 1 heterocycles. The van der Waals surface area contributed by atoms with Crippen LogP contribution in [0.1, 0.15) is 52.3 Å². The summed E-state index contributed by atoms with van der Waals surface area (Å²) < 4.78 is 34.1. The molecule has 5 heteroatoms. The van der Waals surface area contributed by atoms with Crippen molar-refractivity contribution in [2.24, 2.45) is 0 Å². The van der Waals surface area contributed by atoms with Crippen LogP contribution in [0.3, 0.4) is 0 Å². The third-order valence-electron chi connectivity index (χ3n) is 3.22. The molecule has 0 bridgehead atoms. The molecule has 116 valence electrons. The Morgan fingerprint density at radius 3 is 2.67 bits per heavy atom. The summed E-state index contributed by atoms with van der Waals surface area (Å²) in [6.07, 6.45) is 1.74. The van der Waals surface area contributed by atoms with E-state index in [1.807, 2.05) is 26.8 Å². The number of benzene rings is 1. The van der Waals surface area contributed by atoms with Crippen molar-refractivity contribution in [3.8, 4) is 0 Å². The van der Waals surface area contributed by atoms with Gasteiger partial charge < -0.3 is 8.97 Å². The van der Waals surface area contributed by atoms with E-state index in [-0.39, 0.29) is 16.6 Å². The van der Waals surface area contributed by atoms with Gasteiger partial charge in [-0.25, -0.2) is 4.39 Å². The van der Waals surface area contributed by atoms with Crippen LogP contribution < -0.4 is 4.72 Å². The van der Waals surface area contributed by atoms with Crippen molar-refractivity contribution in [1.82, 2.24) is 4.72 Å². The zero-order chi connectivity index (χ0) is 15.6. The van der Waals surface area contributed by atoms with Crippen molar-refractivity contribution >= 4 is 22.3 Å². The Morgan fingerprint density at radius 1 is 1.33 bits per heavy atom. The van der Waals surface area contributed by atoms with Gasteiger partial charge >= 0.3 is 0 Å². The third kappa shape index (κ3) is 3.99. The van der Waals surface area contributed by atoms with Crippen molar-refractivity contribution in [1.29, 1.82) is 0 Å². The summed E-state index contributed by atoms with van der Waals surface area (Å²) in [5.74, 6) is 0.420. The lowest BCUT2D eigenvalue weighted by Crippen LogP contribution is -2.41. The van der Waals surface area contributed by atoms with E-state index in [1.54, 1.807) is 6.07 Å². The van der Waals surface area contributed by atoms with Crippen molar-refractivity contribution in [2.45, 2.75) is 51.3 Å². The first-order chi connectivity index (χ1) is 9.81. The molecule has 0 saturated carbocycles. The fourth-order valence-electron chi connectivity index (χ4n) is 2.06. The molecule has 0 saturated heterocycles. The highest BCUT2D eigenvalue weighted by Crippen LogP contribution is 2.29. The molecule has 0 fully saturated rings. The molecule has 2 aromatic rings. The average Bonchev–Trinajstić information content (AvgIpc) is 2.79. The topological polar surface area (TPSA) is 48.2 Å². The van der Waals surface area contributed by atoms with Gasteiger partial charge in [0.05, 0.1) is 0 Å². The Morgan fingerprint density at radius 2 is 2.05 bits per heavy atom. The van der Waals surface area contributed by atoms with E-state index in [1.165, 1.54) is 12.1 Å². The van der Waals surface area contributed by atoms with Crippen molar-refractivity contribution in [3.63, 3.8) is 0 Å². The maximum atomic E-state index is 13.3. The highest BCUT2D eigenvalue weighted by Gasteiger charge is 2.30. The summed E-state index contributed by atoms with van der Waals surface area (Å²) in [6, 6.07) is 6.14. The van der Waals surface area contributed by atoms with Gasteiger partial charge in [-0.3, -0.25) is 0 Å². The first kappa shape index (κ1) is 16.3. The SMILES string of the molecule is CCCC(N[S@+]([O-])C(C)(C)C)c1cc2cc(F)ccc2o1. The highest BCUT2D eigenvalue weighted by molar-refractivity contribution is 7.90. The number of hydrogen-bond acceptors (Lipinski definition) is 3. The van der Waals surface area contributed by atoms with Gasteiger partial charge in [0.25, 0.3) is 0 Å². The lowest BCUT2D eigenvalue weighted by molar-refractivity contribution is 0.439. The van der Waals surface area contributed by atoms with Crippen LogP contribution in [-0.4, -0.2) is 9.30 Å². The molecule has 0 spiro atoms. The van der Waals surface area contributed by atoms with Crippen LogP contribution in [0, 0.1) is 5.82 Å². The summed E-state index contributed by atoms with van der Waals surface area (Å²) in [5, 5.41) is 0.731. The largest absolute Gasteiger partial charge is 0.598 e. The highest BCUT2D eigenvalue weighted by atomic mass is 32.2. The molecule has 2 rings (SSSR count). The summed E-state index contributed by atoms with van der Waals surface area (Å²) in [6.45, 7) is 7.84. The van der Waals surface area contributed by atoms with Gasteiger partial charge in [-0.1, -0.05) is 13.3 Å². The van der Waals surface area contributed by atoms with Gasteiger partial charge in [0, 0.05) is 16.7 Å². The molecule has 2 atom stereocenters.